The van der Waals surface area contributed by atoms with Crippen LogP contribution >= 0.6 is 0 Å². The van der Waals surface area contributed by atoms with Crippen molar-refractivity contribution < 1.29 is 9.53 Å². The number of pyridine rings is 1. The van der Waals surface area contributed by atoms with Crippen molar-refractivity contribution in [2.45, 2.75) is 6.42 Å². The first-order valence-corrected chi connectivity index (χ1v) is 9.37. The third-order valence-electron chi connectivity index (χ3n) is 4.73. The average Bonchev–Trinajstić information content (AvgIpc) is 3.19. The Balaban J connectivity index is 1.65. The Bertz CT molecular complexity index is 937. The lowest BCUT2D eigenvalue weighted by Gasteiger charge is -2.28. The van der Waals surface area contributed by atoms with E-state index < -0.39 is 0 Å². The molecule has 3 heterocycles. The van der Waals surface area contributed by atoms with Gasteiger partial charge in [-0.25, -0.2) is 4.99 Å². The van der Waals surface area contributed by atoms with Gasteiger partial charge in [0.1, 0.15) is 29.7 Å². The van der Waals surface area contributed by atoms with Gasteiger partial charge in [0.05, 0.1) is 13.0 Å². The van der Waals surface area contributed by atoms with Gasteiger partial charge in [-0.2, -0.15) is 0 Å². The Morgan fingerprint density at radius 1 is 1.25 bits per heavy atom. The normalized spacial score (nSPS) is 15.0. The molecular weight excluding hydrogens is 354 g/mol. The van der Waals surface area contributed by atoms with Crippen LogP contribution in [0, 0.1) is 0 Å². The zero-order chi connectivity index (χ0) is 19.5. The summed E-state index contributed by atoms with van der Waals surface area (Å²) in [6, 6.07) is 9.44. The third-order valence-corrected chi connectivity index (χ3v) is 4.73. The lowest BCUT2D eigenvalue weighted by atomic mass is 10.1. The minimum atomic E-state index is -0.00689. The molecule has 0 atom stereocenters. The van der Waals surface area contributed by atoms with Crippen molar-refractivity contribution in [2.75, 3.05) is 40.3 Å². The van der Waals surface area contributed by atoms with Crippen molar-refractivity contribution in [3.8, 4) is 5.75 Å². The summed E-state index contributed by atoms with van der Waals surface area (Å²) in [5, 5.41) is 0. The summed E-state index contributed by atoms with van der Waals surface area (Å²) in [4.78, 5) is 30.4. The molecule has 0 unspecified atom stereocenters. The maximum atomic E-state index is 12.7. The summed E-state index contributed by atoms with van der Waals surface area (Å²) in [6.45, 7) is 2.81. The molecule has 2 aliphatic heterocycles. The largest absolute Gasteiger partial charge is 0.490 e. The minimum absolute atomic E-state index is 0.00689. The Morgan fingerprint density at radius 3 is 2.93 bits per heavy atom. The second kappa shape index (κ2) is 7.90. The monoisotopic (exact) mass is 377 g/mol. The number of Topliss-reactive ketones (excluding diaryl/α,β-unsaturated/α-hetero) is 1. The number of rotatable bonds is 7. The van der Waals surface area contributed by atoms with Crippen molar-refractivity contribution in [2.24, 2.45) is 9.98 Å². The maximum absolute atomic E-state index is 12.7. The highest BCUT2D eigenvalue weighted by molar-refractivity contribution is 6.21. The maximum Gasteiger partial charge on any atom is 0.171 e. The topological polar surface area (TPSA) is 70.4 Å². The highest BCUT2D eigenvalue weighted by Gasteiger charge is 2.32. The molecule has 0 saturated heterocycles. The molecule has 0 bridgehead atoms. The van der Waals surface area contributed by atoms with Gasteiger partial charge in [-0.05, 0) is 38.4 Å². The summed E-state index contributed by atoms with van der Waals surface area (Å²) in [6.07, 6.45) is 3.46. The fourth-order valence-corrected chi connectivity index (χ4v) is 3.30. The van der Waals surface area contributed by atoms with E-state index in [0.717, 1.165) is 35.9 Å². The third kappa shape index (κ3) is 3.66. The van der Waals surface area contributed by atoms with Gasteiger partial charge < -0.3 is 14.5 Å². The number of amidine groups is 2. The van der Waals surface area contributed by atoms with Gasteiger partial charge in [0, 0.05) is 36.6 Å². The van der Waals surface area contributed by atoms with E-state index in [-0.39, 0.29) is 12.2 Å². The number of ketones is 1. The number of hydrogen-bond acceptors (Lipinski definition) is 7. The van der Waals surface area contributed by atoms with Crippen LogP contribution in [-0.2, 0) is 0 Å². The van der Waals surface area contributed by atoms with Crippen LogP contribution < -0.4 is 4.74 Å². The number of nitrogens with zero attached hydrogens (tertiary/aromatic N) is 5. The molecule has 1 aromatic heterocycles. The first-order valence-electron chi connectivity index (χ1n) is 9.37. The van der Waals surface area contributed by atoms with Crippen LogP contribution in [0.3, 0.4) is 0 Å². The molecule has 4 rings (SSSR count). The Labute approximate surface area is 164 Å². The molecule has 0 spiro atoms. The number of ether oxygens (including phenoxy) is 1. The number of aromatic nitrogens is 1. The molecule has 1 aromatic carbocycles. The number of carbonyl (C=O) groups excluding carboxylic acids is 1. The van der Waals surface area contributed by atoms with E-state index in [2.05, 4.69) is 14.9 Å². The zero-order valence-electron chi connectivity index (χ0n) is 16.1. The van der Waals surface area contributed by atoms with E-state index in [9.17, 15) is 4.79 Å². The van der Waals surface area contributed by atoms with Gasteiger partial charge >= 0.3 is 0 Å². The lowest BCUT2D eigenvalue weighted by Crippen LogP contribution is -2.38. The molecular formula is C21H23N5O2. The zero-order valence-corrected chi connectivity index (χ0v) is 16.1. The van der Waals surface area contributed by atoms with E-state index in [0.29, 0.717) is 24.6 Å². The summed E-state index contributed by atoms with van der Waals surface area (Å²) in [5.74, 6) is 2.30. The Morgan fingerprint density at radius 2 is 2.14 bits per heavy atom. The molecule has 0 amide bonds. The fraction of sp³-hybridized carbons (Fsp3) is 0.333. The van der Waals surface area contributed by atoms with Crippen LogP contribution in [0.1, 0.15) is 22.3 Å². The van der Waals surface area contributed by atoms with Gasteiger partial charge in [0.25, 0.3) is 0 Å². The highest BCUT2D eigenvalue weighted by atomic mass is 16.5. The Kier molecular flexibility index (Phi) is 5.16. The SMILES string of the molecule is CN(C)CCOc1cccc2c1N=C(CC(=O)c1cccnc1)N1CCN=C21. The minimum Gasteiger partial charge on any atom is -0.490 e. The van der Waals surface area contributed by atoms with Crippen LogP contribution in [0.25, 0.3) is 0 Å². The lowest BCUT2D eigenvalue weighted by molar-refractivity contribution is 0.0998. The molecule has 0 radical (unpaired) electrons. The van der Waals surface area contributed by atoms with Crippen LogP contribution in [0.4, 0.5) is 5.69 Å². The molecule has 28 heavy (non-hydrogen) atoms. The smallest absolute Gasteiger partial charge is 0.171 e. The molecule has 0 aliphatic carbocycles. The van der Waals surface area contributed by atoms with Crippen molar-refractivity contribution in [3.63, 3.8) is 0 Å². The van der Waals surface area contributed by atoms with E-state index in [1.807, 2.05) is 37.2 Å². The van der Waals surface area contributed by atoms with Crippen LogP contribution in [0.5, 0.6) is 5.75 Å². The highest BCUT2D eigenvalue weighted by Crippen LogP contribution is 2.37. The van der Waals surface area contributed by atoms with Crippen molar-refractivity contribution in [1.82, 2.24) is 14.8 Å². The quantitative estimate of drug-likeness (QED) is 0.693. The predicted molar refractivity (Wildman–Crippen MR) is 109 cm³/mol. The van der Waals surface area contributed by atoms with Gasteiger partial charge in [0.2, 0.25) is 0 Å². The number of benzene rings is 1. The first-order chi connectivity index (χ1) is 13.6. The molecule has 0 saturated carbocycles. The van der Waals surface area contributed by atoms with Crippen LogP contribution in [0.15, 0.2) is 52.7 Å². The summed E-state index contributed by atoms with van der Waals surface area (Å²) in [5.41, 5.74) is 2.30. The number of hydrogen-bond donors (Lipinski definition) is 0. The molecule has 7 nitrogen and oxygen atoms in total. The van der Waals surface area contributed by atoms with E-state index in [1.165, 1.54) is 0 Å². The van der Waals surface area contributed by atoms with Crippen molar-refractivity contribution in [1.29, 1.82) is 0 Å². The molecule has 144 valence electrons. The predicted octanol–water partition coefficient (Wildman–Crippen LogP) is 2.40. The number of carbonyl (C=O) groups is 1. The standard InChI is InChI=1S/C21H23N5O2/c1-25(2)11-12-28-18-7-3-6-16-20(18)24-19(26-10-9-23-21(16)26)13-17(27)15-5-4-8-22-14-15/h3-8,14H,9-13H2,1-2H3. The summed E-state index contributed by atoms with van der Waals surface area (Å²) in [7, 11) is 4.02. The number of para-hydroxylation sites is 1. The second-order valence-electron chi connectivity index (χ2n) is 7.03. The molecule has 2 aliphatic rings. The van der Waals surface area contributed by atoms with E-state index in [4.69, 9.17) is 9.73 Å². The number of fused-ring (bicyclic) bond motifs is 3. The van der Waals surface area contributed by atoms with Gasteiger partial charge in [-0.1, -0.05) is 6.07 Å². The van der Waals surface area contributed by atoms with Crippen LogP contribution in [0.2, 0.25) is 0 Å². The molecule has 0 fully saturated rings. The van der Waals surface area contributed by atoms with E-state index >= 15 is 0 Å². The number of likely N-dealkylation sites (N-methyl/N-ethyl adjacent to an activating group) is 1. The molecule has 2 aromatic rings. The second-order valence-corrected chi connectivity index (χ2v) is 7.03. The van der Waals surface area contributed by atoms with Gasteiger partial charge in [0.15, 0.2) is 5.78 Å². The summed E-state index contributed by atoms with van der Waals surface area (Å²) >= 11 is 0. The van der Waals surface area contributed by atoms with Gasteiger partial charge in [-0.3, -0.25) is 14.8 Å². The van der Waals surface area contributed by atoms with E-state index in [1.54, 1.807) is 24.5 Å². The number of aliphatic imine (C=N–C) groups is 2. The van der Waals surface area contributed by atoms with Crippen molar-refractivity contribution >= 4 is 23.1 Å². The van der Waals surface area contributed by atoms with Gasteiger partial charge in [-0.15, -0.1) is 0 Å². The molecule has 7 heteroatoms. The van der Waals surface area contributed by atoms with Crippen molar-refractivity contribution in [3.05, 3.63) is 53.9 Å². The molecule has 0 N–H and O–H groups in total. The first kappa shape index (κ1) is 18.3. The van der Waals surface area contributed by atoms with Crippen LogP contribution in [-0.4, -0.2) is 72.6 Å². The average molecular weight is 377 g/mol. The Hall–Kier alpha value is -3.06. The summed E-state index contributed by atoms with van der Waals surface area (Å²) < 4.78 is 5.98. The fourth-order valence-electron chi connectivity index (χ4n) is 3.30.